The summed E-state index contributed by atoms with van der Waals surface area (Å²) in [5.41, 5.74) is -7.06. The van der Waals surface area contributed by atoms with Crippen LogP contribution < -0.4 is 0 Å². The Balaban J connectivity index is -0.000000541. The monoisotopic (exact) mass is 689 g/mol. The summed E-state index contributed by atoms with van der Waals surface area (Å²) in [6.45, 7) is 5.26. The van der Waals surface area contributed by atoms with Gasteiger partial charge < -0.3 is 30.1 Å². The van der Waals surface area contributed by atoms with E-state index in [0.29, 0.717) is 19.8 Å². The Labute approximate surface area is 267 Å². The number of ether oxygens (including phenoxy) is 1. The van der Waals surface area contributed by atoms with Gasteiger partial charge in [0.05, 0.1) is 18.7 Å². The van der Waals surface area contributed by atoms with Gasteiger partial charge in [0.15, 0.2) is 0 Å². The second-order valence-corrected chi connectivity index (χ2v) is 11.0. The van der Waals surface area contributed by atoms with Crippen molar-refractivity contribution >= 4 is 30.4 Å². The first kappa shape index (κ1) is 47.4. The van der Waals surface area contributed by atoms with Gasteiger partial charge in [-0.3, -0.25) is 0 Å². The molecule has 0 aromatic carbocycles. The van der Waals surface area contributed by atoms with Crippen molar-refractivity contribution in [3.8, 4) is 0 Å². The van der Waals surface area contributed by atoms with Crippen molar-refractivity contribution in [3.63, 3.8) is 0 Å². The summed E-state index contributed by atoms with van der Waals surface area (Å²) < 4.78 is 75.9. The van der Waals surface area contributed by atoms with Crippen LogP contribution in [0.1, 0.15) is 91.4 Å². The van der Waals surface area contributed by atoms with Crippen LogP contribution in [0.4, 0.5) is 26.3 Å². The average molecular weight is 690 g/mol. The van der Waals surface area contributed by atoms with Crippen molar-refractivity contribution in [2.75, 3.05) is 33.7 Å². The highest BCUT2D eigenvalue weighted by Crippen LogP contribution is 2.32. The molecule has 0 radical (unpaired) electrons. The molecule has 0 aliphatic heterocycles. The number of carbonyl (C=O) groups excluding carboxylic acids is 1. The Morgan fingerprint density at radius 1 is 0.844 bits per heavy atom. The maximum absolute atomic E-state index is 12.3. The van der Waals surface area contributed by atoms with Gasteiger partial charge in [-0.15, -0.1) is 12.4 Å². The smallest absolute Gasteiger partial charge is 0.427 e. The number of nitrogens with zero attached hydrogens (tertiary/aromatic N) is 3. The van der Waals surface area contributed by atoms with E-state index in [2.05, 4.69) is 39.7 Å². The van der Waals surface area contributed by atoms with Crippen LogP contribution in [0.15, 0.2) is 9.98 Å². The van der Waals surface area contributed by atoms with Crippen LogP contribution in [0.3, 0.4) is 0 Å². The maximum atomic E-state index is 12.3. The normalized spacial score (nSPS) is 18.3. The van der Waals surface area contributed by atoms with E-state index in [9.17, 15) is 35.9 Å². The summed E-state index contributed by atoms with van der Waals surface area (Å²) >= 11 is 0. The summed E-state index contributed by atoms with van der Waals surface area (Å²) in [7, 11) is 4.12. The van der Waals surface area contributed by atoms with E-state index in [0.717, 1.165) is 58.2 Å². The molecule has 0 spiro atoms. The number of carboxylic acids is 1. The molecular formula is C28H50ClF6N3O7. The quantitative estimate of drug-likeness (QED) is 0.114. The van der Waals surface area contributed by atoms with Crippen molar-refractivity contribution in [3.05, 3.63) is 0 Å². The van der Waals surface area contributed by atoms with Gasteiger partial charge in [-0.2, -0.15) is 26.3 Å². The Kier molecular flexibility index (Phi) is 24.6. The average Bonchev–Trinajstić information content (AvgIpc) is 2.91. The molecule has 2 aliphatic carbocycles. The van der Waals surface area contributed by atoms with Crippen molar-refractivity contribution in [1.29, 1.82) is 0 Å². The molecule has 4 N–H and O–H groups in total. The molecule has 2 aliphatic rings. The van der Waals surface area contributed by atoms with E-state index in [1.54, 1.807) is 0 Å². The van der Waals surface area contributed by atoms with Crippen molar-refractivity contribution in [1.82, 2.24) is 4.90 Å². The second kappa shape index (κ2) is 23.4. The number of hydrogen-bond donors (Lipinski definition) is 4. The third kappa shape index (κ3) is 21.5. The molecule has 0 bridgehead atoms. The molecular weight excluding hydrogens is 640 g/mol. The highest BCUT2D eigenvalue weighted by Gasteiger charge is 2.57. The lowest BCUT2D eigenvalue weighted by molar-refractivity contribution is -0.259. The number of aliphatic hydroxyl groups excluding tert-OH is 1. The Morgan fingerprint density at radius 2 is 1.29 bits per heavy atom. The number of aliphatic imine (C=N–C) groups is 2. The lowest BCUT2D eigenvalue weighted by Crippen LogP contribution is -2.51. The topological polar surface area (TPSA) is 152 Å². The SMILES string of the molecule is CC(O)(C(=O)O)C(F)(F)F.CC(O)(C(=O)OC1CCCCC1)C(F)(F)F.CCN=C=NCCCN(C)C.Cl.OC1CCCCC1. The van der Waals surface area contributed by atoms with Crippen LogP contribution in [0.2, 0.25) is 0 Å². The number of hydrogen-bond acceptors (Lipinski definition) is 9. The third-order valence-corrected chi connectivity index (χ3v) is 6.49. The first-order chi connectivity index (χ1) is 20.1. The summed E-state index contributed by atoms with van der Waals surface area (Å²) in [6.07, 6.45) is 0.209. The molecule has 2 unspecified atom stereocenters. The Hall–Kier alpha value is -1.97. The molecule has 0 amide bonds. The molecule has 17 heteroatoms. The number of carbonyl (C=O) groups is 2. The van der Waals surface area contributed by atoms with Crippen LogP contribution in [-0.4, -0.2) is 113 Å². The standard InChI is InChI=1S/C10H15F3O3.C8H17N3.C6H12O.C4H5F3O3.ClH/c1-9(15,10(11,12)13)8(14)16-7-5-3-2-4-6-7;1-4-9-8-10-6-5-7-11(2)3;7-6-4-2-1-3-5-6;1-3(10,2(8)9)4(5,6)7;/h7,15H,2-6H2,1H3;4-7H2,1-3H3;6-7H,1-5H2;10H,1H3,(H,8,9);1H. The predicted molar refractivity (Wildman–Crippen MR) is 159 cm³/mol. The molecule has 0 aromatic rings. The van der Waals surface area contributed by atoms with Gasteiger partial charge in [0, 0.05) is 6.54 Å². The fraction of sp³-hybridized carbons (Fsp3) is 0.893. The van der Waals surface area contributed by atoms with E-state index < -0.39 is 41.6 Å². The van der Waals surface area contributed by atoms with E-state index in [1.807, 2.05) is 6.92 Å². The third-order valence-electron chi connectivity index (χ3n) is 6.49. The number of rotatable bonds is 8. The number of alkyl halides is 6. The molecule has 2 rings (SSSR count). The second-order valence-electron chi connectivity index (χ2n) is 11.0. The molecule has 2 fully saturated rings. The summed E-state index contributed by atoms with van der Waals surface area (Å²) in [5.74, 6) is -3.91. The first-order valence-electron chi connectivity index (χ1n) is 14.5. The van der Waals surface area contributed by atoms with E-state index in [4.69, 9.17) is 20.4 Å². The van der Waals surface area contributed by atoms with Crippen molar-refractivity contribution in [2.24, 2.45) is 9.98 Å². The number of carboxylic acid groups (broad SMARTS) is 1. The minimum absolute atomic E-state index is 0. The summed E-state index contributed by atoms with van der Waals surface area (Å²) in [5, 5.41) is 34.0. The van der Waals surface area contributed by atoms with Gasteiger partial charge >= 0.3 is 24.3 Å². The van der Waals surface area contributed by atoms with Crippen molar-refractivity contribution < 1.29 is 61.1 Å². The molecule has 268 valence electrons. The van der Waals surface area contributed by atoms with Gasteiger partial charge in [0.2, 0.25) is 0 Å². The number of aliphatic hydroxyl groups is 3. The minimum Gasteiger partial charge on any atom is -0.479 e. The molecule has 10 nitrogen and oxygen atoms in total. The Morgan fingerprint density at radius 3 is 1.60 bits per heavy atom. The molecule has 0 heterocycles. The minimum atomic E-state index is -5.13. The predicted octanol–water partition coefficient (Wildman–Crippen LogP) is 5.43. The van der Waals surface area contributed by atoms with Gasteiger partial charge in [-0.1, -0.05) is 25.7 Å². The summed E-state index contributed by atoms with van der Waals surface area (Å²) in [6, 6.07) is 2.64. The van der Waals surface area contributed by atoms with Crippen molar-refractivity contribution in [2.45, 2.75) is 127 Å². The van der Waals surface area contributed by atoms with Gasteiger partial charge in [0.1, 0.15) is 6.10 Å². The van der Waals surface area contributed by atoms with E-state index in [1.165, 1.54) is 19.3 Å². The van der Waals surface area contributed by atoms with Crippen LogP contribution in [-0.2, 0) is 14.3 Å². The number of aliphatic carboxylic acids is 1. The highest BCUT2D eigenvalue weighted by molar-refractivity contribution is 5.85. The van der Waals surface area contributed by atoms with Crippen LogP contribution >= 0.6 is 12.4 Å². The lowest BCUT2D eigenvalue weighted by Gasteiger charge is -2.28. The number of halogens is 7. The molecule has 2 atom stereocenters. The number of esters is 1. The molecule has 0 saturated heterocycles. The Bertz CT molecular complexity index is 870. The molecule has 45 heavy (non-hydrogen) atoms. The highest BCUT2D eigenvalue weighted by atomic mass is 35.5. The first-order valence-corrected chi connectivity index (χ1v) is 14.5. The molecule has 2 saturated carbocycles. The maximum Gasteiger partial charge on any atom is 0.427 e. The zero-order chi connectivity index (χ0) is 34.6. The largest absolute Gasteiger partial charge is 0.479 e. The van der Waals surface area contributed by atoms with Gasteiger partial charge in [-0.25, -0.2) is 19.6 Å². The zero-order valence-corrected chi connectivity index (χ0v) is 27.4. The van der Waals surface area contributed by atoms with Gasteiger partial charge in [-0.05, 0) is 86.4 Å². The van der Waals surface area contributed by atoms with Crippen LogP contribution in [0.25, 0.3) is 0 Å². The van der Waals surface area contributed by atoms with E-state index in [-0.39, 0.29) is 25.4 Å². The van der Waals surface area contributed by atoms with Gasteiger partial charge in [0.25, 0.3) is 11.2 Å². The summed E-state index contributed by atoms with van der Waals surface area (Å²) in [4.78, 5) is 30.9. The lowest BCUT2D eigenvalue weighted by atomic mass is 9.97. The zero-order valence-electron chi connectivity index (χ0n) is 26.6. The van der Waals surface area contributed by atoms with Crippen LogP contribution in [0.5, 0.6) is 0 Å². The van der Waals surface area contributed by atoms with E-state index >= 15 is 0 Å². The van der Waals surface area contributed by atoms with Crippen LogP contribution in [0, 0.1) is 0 Å². The fourth-order valence-corrected chi connectivity index (χ4v) is 3.40. The molecule has 0 aromatic heterocycles. The fourth-order valence-electron chi connectivity index (χ4n) is 3.40.